The third-order valence-electron chi connectivity index (χ3n) is 4.09. The van der Waals surface area contributed by atoms with Gasteiger partial charge >= 0.3 is 0 Å². The second-order valence-corrected chi connectivity index (χ2v) is 9.50. The summed E-state index contributed by atoms with van der Waals surface area (Å²) >= 11 is 4.92. The molecule has 0 aliphatic rings. The molecule has 28 heavy (non-hydrogen) atoms. The SMILES string of the molecule is Br.CCN(CC)S(=O)(=O)c1ccc(-c2csc(Nc3ccc(Br)cc3)n2)cc1. The van der Waals surface area contributed by atoms with Crippen molar-refractivity contribution in [1.29, 1.82) is 0 Å². The van der Waals surface area contributed by atoms with E-state index in [-0.39, 0.29) is 17.0 Å². The van der Waals surface area contributed by atoms with E-state index in [0.717, 1.165) is 26.5 Å². The number of sulfonamides is 1. The van der Waals surface area contributed by atoms with Gasteiger partial charge in [0.15, 0.2) is 5.13 Å². The van der Waals surface area contributed by atoms with Gasteiger partial charge in [0.1, 0.15) is 0 Å². The van der Waals surface area contributed by atoms with Crippen LogP contribution in [0.5, 0.6) is 0 Å². The highest BCUT2D eigenvalue weighted by molar-refractivity contribution is 9.10. The highest BCUT2D eigenvalue weighted by Crippen LogP contribution is 2.28. The van der Waals surface area contributed by atoms with Gasteiger partial charge in [0.25, 0.3) is 0 Å². The van der Waals surface area contributed by atoms with E-state index in [0.29, 0.717) is 18.0 Å². The topological polar surface area (TPSA) is 62.3 Å². The predicted molar refractivity (Wildman–Crippen MR) is 125 cm³/mol. The van der Waals surface area contributed by atoms with Crippen LogP contribution in [0.25, 0.3) is 11.3 Å². The lowest BCUT2D eigenvalue weighted by atomic mass is 10.2. The summed E-state index contributed by atoms with van der Waals surface area (Å²) in [4.78, 5) is 4.90. The maximum absolute atomic E-state index is 12.6. The molecule has 0 saturated heterocycles. The summed E-state index contributed by atoms with van der Waals surface area (Å²) in [6.45, 7) is 4.59. The van der Waals surface area contributed by atoms with Crippen LogP contribution in [0.3, 0.4) is 0 Å². The predicted octanol–water partition coefficient (Wildman–Crippen LogP) is 5.92. The smallest absolute Gasteiger partial charge is 0.243 e. The Hall–Kier alpha value is -1.26. The van der Waals surface area contributed by atoms with Crippen LogP contribution in [0.4, 0.5) is 10.8 Å². The molecular formula is C19H21Br2N3O2S2. The molecule has 9 heteroatoms. The van der Waals surface area contributed by atoms with Gasteiger partial charge in [-0.25, -0.2) is 13.4 Å². The molecule has 0 aliphatic carbocycles. The quantitative estimate of drug-likeness (QED) is 0.399. The number of thiazole rings is 1. The fourth-order valence-corrected chi connectivity index (χ4v) is 5.09. The monoisotopic (exact) mass is 545 g/mol. The summed E-state index contributed by atoms with van der Waals surface area (Å²) in [5.41, 5.74) is 2.65. The third-order valence-corrected chi connectivity index (χ3v) is 7.44. The van der Waals surface area contributed by atoms with E-state index in [9.17, 15) is 8.42 Å². The number of nitrogens with one attached hydrogen (secondary N) is 1. The maximum atomic E-state index is 12.6. The Morgan fingerprint density at radius 2 is 1.64 bits per heavy atom. The average molecular weight is 547 g/mol. The van der Waals surface area contributed by atoms with Crippen LogP contribution in [0.2, 0.25) is 0 Å². The standard InChI is InChI=1S/C19H20BrN3O2S2.BrH/c1-3-23(4-2)27(24,25)17-11-5-14(6-12-17)18-13-26-19(22-18)21-16-9-7-15(20)8-10-16;/h5-13H,3-4H2,1-2H3,(H,21,22);1H. The van der Waals surface area contributed by atoms with Gasteiger partial charge < -0.3 is 5.32 Å². The van der Waals surface area contributed by atoms with Crippen molar-refractivity contribution in [2.75, 3.05) is 18.4 Å². The first-order chi connectivity index (χ1) is 12.9. The Kier molecular flexibility index (Phi) is 8.20. The average Bonchev–Trinajstić information content (AvgIpc) is 3.13. The van der Waals surface area contributed by atoms with Crippen molar-refractivity contribution >= 4 is 65.1 Å². The van der Waals surface area contributed by atoms with Gasteiger partial charge in [-0.3, -0.25) is 0 Å². The molecule has 1 N–H and O–H groups in total. The Labute approximate surface area is 188 Å². The molecule has 5 nitrogen and oxygen atoms in total. The van der Waals surface area contributed by atoms with Gasteiger partial charge in [0.2, 0.25) is 10.0 Å². The summed E-state index contributed by atoms with van der Waals surface area (Å²) in [5, 5.41) is 6.01. The van der Waals surface area contributed by atoms with Crippen molar-refractivity contribution in [3.8, 4) is 11.3 Å². The van der Waals surface area contributed by atoms with Crippen LogP contribution >= 0.6 is 44.2 Å². The number of anilines is 2. The zero-order valence-corrected chi connectivity index (χ0v) is 20.4. The molecule has 1 heterocycles. The molecule has 150 valence electrons. The first-order valence-electron chi connectivity index (χ1n) is 8.52. The van der Waals surface area contributed by atoms with Crippen molar-refractivity contribution < 1.29 is 8.42 Å². The number of halogens is 2. The molecule has 0 spiro atoms. The second kappa shape index (κ2) is 9.98. The highest BCUT2D eigenvalue weighted by atomic mass is 79.9. The number of nitrogens with zero attached hydrogens (tertiary/aromatic N) is 2. The lowest BCUT2D eigenvalue weighted by Gasteiger charge is -2.18. The van der Waals surface area contributed by atoms with Crippen molar-refractivity contribution in [1.82, 2.24) is 9.29 Å². The minimum absolute atomic E-state index is 0. The molecule has 0 amide bonds. The van der Waals surface area contributed by atoms with E-state index in [1.54, 1.807) is 24.3 Å². The molecule has 0 atom stereocenters. The maximum Gasteiger partial charge on any atom is 0.243 e. The lowest BCUT2D eigenvalue weighted by Crippen LogP contribution is -2.30. The third kappa shape index (κ3) is 5.21. The van der Waals surface area contributed by atoms with Gasteiger partial charge in [-0.2, -0.15) is 4.31 Å². The Morgan fingerprint density at radius 3 is 2.21 bits per heavy atom. The van der Waals surface area contributed by atoms with Gasteiger partial charge in [0, 0.05) is 34.2 Å². The van der Waals surface area contributed by atoms with Crippen molar-refractivity contribution in [2.24, 2.45) is 0 Å². The largest absolute Gasteiger partial charge is 0.332 e. The summed E-state index contributed by atoms with van der Waals surface area (Å²) in [6, 6.07) is 14.8. The summed E-state index contributed by atoms with van der Waals surface area (Å²) < 4.78 is 27.6. The molecular weight excluding hydrogens is 526 g/mol. The zero-order chi connectivity index (χ0) is 19.4. The molecule has 0 unspecified atom stereocenters. The minimum Gasteiger partial charge on any atom is -0.332 e. The van der Waals surface area contributed by atoms with E-state index in [1.165, 1.54) is 15.6 Å². The summed E-state index contributed by atoms with van der Waals surface area (Å²) in [5.74, 6) is 0. The van der Waals surface area contributed by atoms with Crippen LogP contribution < -0.4 is 5.32 Å². The summed E-state index contributed by atoms with van der Waals surface area (Å²) in [6.07, 6.45) is 0. The van der Waals surface area contributed by atoms with E-state index >= 15 is 0 Å². The van der Waals surface area contributed by atoms with Crippen LogP contribution in [-0.2, 0) is 10.0 Å². The van der Waals surface area contributed by atoms with Crippen LogP contribution in [0, 0.1) is 0 Å². The molecule has 3 aromatic rings. The minimum atomic E-state index is -3.44. The molecule has 0 bridgehead atoms. The van der Waals surface area contributed by atoms with Gasteiger partial charge in [-0.1, -0.05) is 41.9 Å². The molecule has 3 rings (SSSR count). The Balaban J connectivity index is 0.00000280. The van der Waals surface area contributed by atoms with E-state index in [2.05, 4.69) is 26.2 Å². The van der Waals surface area contributed by atoms with Crippen LogP contribution in [0.15, 0.2) is 63.3 Å². The Bertz CT molecular complexity index is 1000. The highest BCUT2D eigenvalue weighted by Gasteiger charge is 2.21. The van der Waals surface area contributed by atoms with E-state index in [1.807, 2.05) is 43.5 Å². The zero-order valence-electron chi connectivity index (χ0n) is 15.4. The molecule has 0 saturated carbocycles. The normalized spacial score (nSPS) is 11.3. The molecule has 0 fully saturated rings. The first kappa shape index (κ1) is 23.0. The number of hydrogen-bond donors (Lipinski definition) is 1. The number of rotatable bonds is 7. The number of hydrogen-bond acceptors (Lipinski definition) is 5. The van der Waals surface area contributed by atoms with Crippen LogP contribution in [-0.4, -0.2) is 30.8 Å². The molecule has 2 aromatic carbocycles. The second-order valence-electron chi connectivity index (χ2n) is 5.78. The number of aromatic nitrogens is 1. The number of benzene rings is 2. The van der Waals surface area contributed by atoms with E-state index < -0.39 is 10.0 Å². The van der Waals surface area contributed by atoms with Crippen molar-refractivity contribution in [2.45, 2.75) is 18.7 Å². The van der Waals surface area contributed by atoms with Crippen molar-refractivity contribution in [3.05, 3.63) is 58.4 Å². The van der Waals surface area contributed by atoms with Gasteiger partial charge in [0.05, 0.1) is 10.6 Å². The fourth-order valence-electron chi connectivity index (χ4n) is 2.63. The van der Waals surface area contributed by atoms with Gasteiger partial charge in [-0.15, -0.1) is 28.3 Å². The molecule has 0 radical (unpaired) electrons. The van der Waals surface area contributed by atoms with E-state index in [4.69, 9.17) is 0 Å². The Morgan fingerprint density at radius 1 is 1.04 bits per heavy atom. The molecule has 0 aliphatic heterocycles. The summed E-state index contributed by atoms with van der Waals surface area (Å²) in [7, 11) is -3.44. The van der Waals surface area contributed by atoms with Crippen molar-refractivity contribution in [3.63, 3.8) is 0 Å². The van der Waals surface area contributed by atoms with Gasteiger partial charge in [-0.05, 0) is 36.4 Å². The fraction of sp³-hybridized carbons (Fsp3) is 0.211. The van der Waals surface area contributed by atoms with Crippen LogP contribution in [0.1, 0.15) is 13.8 Å². The molecule has 1 aromatic heterocycles. The first-order valence-corrected chi connectivity index (χ1v) is 11.6. The lowest BCUT2D eigenvalue weighted by molar-refractivity contribution is 0.445.